The lowest BCUT2D eigenvalue weighted by Crippen LogP contribution is -2.56. The second-order valence-electron chi connectivity index (χ2n) is 9.19. The number of hydrogen-bond acceptors (Lipinski definition) is 3. The largest absolute Gasteiger partial charge is 0.393 e. The van der Waals surface area contributed by atoms with Crippen molar-refractivity contribution in [2.45, 2.75) is 64.9 Å². The van der Waals surface area contributed by atoms with Crippen LogP contribution in [0, 0.1) is 34.5 Å². The van der Waals surface area contributed by atoms with Crippen molar-refractivity contribution in [3.8, 4) is 0 Å². The van der Waals surface area contributed by atoms with Gasteiger partial charge in [-0.25, -0.2) is 0 Å². The van der Waals surface area contributed by atoms with Crippen LogP contribution in [-0.4, -0.2) is 23.5 Å². The lowest BCUT2D eigenvalue weighted by Gasteiger charge is -2.60. The standard InChI is InChI=1S/C20H31NO2/c1-19-8-7-14(22)9-13(19)3-4-15-16-5-6-17(23)20(16,2)10-12(11-21)18(15)19/h9,12,15-18,23H,3-8,10-11,21H2,1-2H3/t12-,15-,16-,17-,18-,19-,20-/m0/s1. The third kappa shape index (κ3) is 2.05. The van der Waals surface area contributed by atoms with E-state index in [-0.39, 0.29) is 16.9 Å². The molecular weight excluding hydrogens is 286 g/mol. The van der Waals surface area contributed by atoms with Crippen LogP contribution >= 0.6 is 0 Å². The van der Waals surface area contributed by atoms with Crippen LogP contribution in [0.25, 0.3) is 0 Å². The third-order valence-corrected chi connectivity index (χ3v) is 8.29. The number of ketones is 1. The fourth-order valence-corrected chi connectivity index (χ4v) is 7.17. The molecule has 0 aromatic carbocycles. The maximum Gasteiger partial charge on any atom is 0.155 e. The predicted octanol–water partition coefficient (Wildman–Crippen LogP) is 3.06. The van der Waals surface area contributed by atoms with Crippen molar-refractivity contribution >= 4 is 5.78 Å². The Kier molecular flexibility index (Phi) is 3.55. The second-order valence-corrected chi connectivity index (χ2v) is 9.19. The van der Waals surface area contributed by atoms with Gasteiger partial charge in [0.1, 0.15) is 0 Å². The first-order valence-corrected chi connectivity index (χ1v) is 9.52. The molecule has 0 saturated heterocycles. The normalized spacial score (nSPS) is 52.4. The zero-order valence-electron chi connectivity index (χ0n) is 14.6. The molecule has 0 aliphatic heterocycles. The van der Waals surface area contributed by atoms with Crippen molar-refractivity contribution in [1.29, 1.82) is 0 Å². The maximum absolute atomic E-state index is 11.9. The number of carbonyl (C=O) groups excluding carboxylic acids is 1. The zero-order valence-corrected chi connectivity index (χ0v) is 14.6. The molecular formula is C20H31NO2. The number of aliphatic hydroxyl groups is 1. The first-order chi connectivity index (χ1) is 10.9. The average Bonchev–Trinajstić information content (AvgIpc) is 2.82. The number of nitrogens with two attached hydrogens (primary N) is 1. The quantitative estimate of drug-likeness (QED) is 0.781. The minimum Gasteiger partial charge on any atom is -0.393 e. The molecule has 3 N–H and O–H groups in total. The molecule has 0 amide bonds. The summed E-state index contributed by atoms with van der Waals surface area (Å²) in [5.41, 5.74) is 7.86. The van der Waals surface area contributed by atoms with Crippen molar-refractivity contribution < 1.29 is 9.90 Å². The fourth-order valence-electron chi connectivity index (χ4n) is 7.17. The first kappa shape index (κ1) is 15.8. The Bertz CT molecular complexity index is 556. The van der Waals surface area contributed by atoms with E-state index in [0.717, 1.165) is 25.7 Å². The summed E-state index contributed by atoms with van der Waals surface area (Å²) in [6.45, 7) is 5.43. The summed E-state index contributed by atoms with van der Waals surface area (Å²) in [4.78, 5) is 11.9. The lowest BCUT2D eigenvalue weighted by molar-refractivity contribution is -0.121. The number of hydrogen-bond donors (Lipinski definition) is 2. The molecule has 0 aromatic heterocycles. The van der Waals surface area contributed by atoms with E-state index in [2.05, 4.69) is 13.8 Å². The Balaban J connectivity index is 1.76. The number of fused-ring (bicyclic) bond motifs is 5. The van der Waals surface area contributed by atoms with Gasteiger partial charge in [0.25, 0.3) is 0 Å². The van der Waals surface area contributed by atoms with Gasteiger partial charge in [-0.2, -0.15) is 0 Å². The fraction of sp³-hybridized carbons (Fsp3) is 0.850. The van der Waals surface area contributed by atoms with Crippen LogP contribution in [0.4, 0.5) is 0 Å². The van der Waals surface area contributed by atoms with Crippen LogP contribution in [0.1, 0.15) is 58.8 Å². The van der Waals surface area contributed by atoms with Gasteiger partial charge in [-0.05, 0) is 85.6 Å². The molecule has 0 aromatic rings. The molecule has 0 unspecified atom stereocenters. The molecule has 7 atom stereocenters. The number of allylic oxidation sites excluding steroid dienone is 1. The molecule has 3 saturated carbocycles. The third-order valence-electron chi connectivity index (χ3n) is 8.29. The van der Waals surface area contributed by atoms with E-state index in [9.17, 15) is 9.90 Å². The summed E-state index contributed by atoms with van der Waals surface area (Å²) in [6.07, 6.45) is 8.96. The molecule has 23 heavy (non-hydrogen) atoms. The molecule has 128 valence electrons. The maximum atomic E-state index is 11.9. The highest BCUT2D eigenvalue weighted by molar-refractivity contribution is 5.91. The summed E-state index contributed by atoms with van der Waals surface area (Å²) in [5.74, 6) is 2.72. The Hall–Kier alpha value is -0.670. The summed E-state index contributed by atoms with van der Waals surface area (Å²) < 4.78 is 0. The summed E-state index contributed by atoms with van der Waals surface area (Å²) in [5, 5.41) is 10.6. The SMILES string of the molecule is C[C@]12C[C@@H](CN)[C@H]3[C@@H](CCC4=CC(=O)CC[C@@]43C)[C@@H]1CC[C@@H]2O. The predicted molar refractivity (Wildman–Crippen MR) is 90.6 cm³/mol. The van der Waals surface area contributed by atoms with Crippen LogP contribution in [-0.2, 0) is 4.79 Å². The molecule has 4 rings (SSSR count). The summed E-state index contributed by atoms with van der Waals surface area (Å²) in [7, 11) is 0. The molecule has 3 nitrogen and oxygen atoms in total. The highest BCUT2D eigenvalue weighted by Crippen LogP contribution is 2.66. The van der Waals surface area contributed by atoms with Crippen LogP contribution in [0.15, 0.2) is 11.6 Å². The van der Waals surface area contributed by atoms with Crippen molar-refractivity contribution in [2.75, 3.05) is 6.54 Å². The Morgan fingerprint density at radius 2 is 2.04 bits per heavy atom. The van der Waals surface area contributed by atoms with Gasteiger partial charge in [-0.3, -0.25) is 4.79 Å². The highest BCUT2D eigenvalue weighted by atomic mass is 16.3. The van der Waals surface area contributed by atoms with Crippen molar-refractivity contribution in [3.05, 3.63) is 11.6 Å². The van der Waals surface area contributed by atoms with E-state index in [1.54, 1.807) is 0 Å². The molecule has 0 heterocycles. The molecule has 0 spiro atoms. The van der Waals surface area contributed by atoms with Gasteiger partial charge in [0.2, 0.25) is 0 Å². The molecule has 4 aliphatic carbocycles. The van der Waals surface area contributed by atoms with Crippen molar-refractivity contribution in [2.24, 2.45) is 40.2 Å². The summed E-state index contributed by atoms with van der Waals surface area (Å²) >= 11 is 0. The van der Waals surface area contributed by atoms with Gasteiger partial charge in [0.15, 0.2) is 5.78 Å². The Labute approximate surface area is 139 Å². The Morgan fingerprint density at radius 3 is 2.78 bits per heavy atom. The first-order valence-electron chi connectivity index (χ1n) is 9.52. The van der Waals surface area contributed by atoms with E-state index < -0.39 is 0 Å². The summed E-state index contributed by atoms with van der Waals surface area (Å²) in [6, 6.07) is 0. The van der Waals surface area contributed by atoms with Gasteiger partial charge in [-0.1, -0.05) is 19.4 Å². The molecule has 3 heteroatoms. The minimum absolute atomic E-state index is 0.0628. The van der Waals surface area contributed by atoms with E-state index >= 15 is 0 Å². The van der Waals surface area contributed by atoms with Gasteiger partial charge < -0.3 is 10.8 Å². The van der Waals surface area contributed by atoms with Crippen LogP contribution < -0.4 is 5.73 Å². The van der Waals surface area contributed by atoms with Crippen LogP contribution in [0.3, 0.4) is 0 Å². The van der Waals surface area contributed by atoms with Gasteiger partial charge in [0, 0.05) is 6.42 Å². The molecule has 4 aliphatic rings. The van der Waals surface area contributed by atoms with E-state index in [1.807, 2.05) is 6.08 Å². The van der Waals surface area contributed by atoms with Gasteiger partial charge in [0.05, 0.1) is 6.10 Å². The zero-order chi connectivity index (χ0) is 16.4. The van der Waals surface area contributed by atoms with Gasteiger partial charge in [-0.15, -0.1) is 0 Å². The molecule has 0 bridgehead atoms. The van der Waals surface area contributed by atoms with E-state index in [0.29, 0.717) is 42.4 Å². The molecule has 3 fully saturated rings. The topological polar surface area (TPSA) is 63.3 Å². The Morgan fingerprint density at radius 1 is 1.26 bits per heavy atom. The number of carbonyl (C=O) groups is 1. The number of aliphatic hydroxyl groups excluding tert-OH is 1. The van der Waals surface area contributed by atoms with E-state index in [4.69, 9.17) is 5.73 Å². The van der Waals surface area contributed by atoms with Crippen LogP contribution in [0.5, 0.6) is 0 Å². The molecule has 0 radical (unpaired) electrons. The van der Waals surface area contributed by atoms with Crippen LogP contribution in [0.2, 0.25) is 0 Å². The number of rotatable bonds is 1. The second kappa shape index (κ2) is 5.16. The van der Waals surface area contributed by atoms with Crippen molar-refractivity contribution in [1.82, 2.24) is 0 Å². The monoisotopic (exact) mass is 317 g/mol. The minimum atomic E-state index is -0.153. The average molecular weight is 317 g/mol. The van der Waals surface area contributed by atoms with Crippen molar-refractivity contribution in [3.63, 3.8) is 0 Å². The highest BCUT2D eigenvalue weighted by Gasteiger charge is 2.61. The van der Waals surface area contributed by atoms with E-state index in [1.165, 1.54) is 18.4 Å². The van der Waals surface area contributed by atoms with Gasteiger partial charge >= 0.3 is 0 Å². The lowest BCUT2D eigenvalue weighted by atomic mass is 9.44. The smallest absolute Gasteiger partial charge is 0.155 e.